The quantitative estimate of drug-likeness (QED) is 0.857. The normalized spacial score (nSPS) is 10.8. The molecule has 1 aromatic carbocycles. The van der Waals surface area contributed by atoms with Crippen LogP contribution >= 0.6 is 39.5 Å². The summed E-state index contributed by atoms with van der Waals surface area (Å²) >= 11 is 7.00. The zero-order chi connectivity index (χ0) is 12.4. The third kappa shape index (κ3) is 2.64. The van der Waals surface area contributed by atoms with Gasteiger partial charge in [-0.05, 0) is 40.6 Å². The van der Waals surface area contributed by atoms with Crippen LogP contribution < -0.4 is 5.73 Å². The number of nitrogens with two attached hydrogens (primary N) is 1. The summed E-state index contributed by atoms with van der Waals surface area (Å²) in [5.74, 6) is 1.09. The van der Waals surface area contributed by atoms with Gasteiger partial charge in [0.25, 0.3) is 0 Å². The summed E-state index contributed by atoms with van der Waals surface area (Å²) < 4.78 is 6.22. The summed E-state index contributed by atoms with van der Waals surface area (Å²) in [6.45, 7) is 0. The van der Waals surface area contributed by atoms with Crippen molar-refractivity contribution in [3.05, 3.63) is 22.7 Å². The summed E-state index contributed by atoms with van der Waals surface area (Å²) in [5.41, 5.74) is 6.53. The van der Waals surface area contributed by atoms with Gasteiger partial charge in [0.1, 0.15) is 0 Å². The highest BCUT2D eigenvalue weighted by Gasteiger charge is 2.12. The van der Waals surface area contributed by atoms with E-state index in [0.717, 1.165) is 10.0 Å². The highest BCUT2D eigenvalue weighted by Crippen LogP contribution is 2.38. The second-order valence-electron chi connectivity index (χ2n) is 3.31. The predicted octanol–water partition coefficient (Wildman–Crippen LogP) is 4.13. The maximum absolute atomic E-state index is 5.55. The van der Waals surface area contributed by atoms with Gasteiger partial charge >= 0.3 is 0 Å². The van der Waals surface area contributed by atoms with Gasteiger partial charge in [-0.3, -0.25) is 0 Å². The van der Waals surface area contributed by atoms with E-state index >= 15 is 0 Å². The molecule has 0 saturated carbocycles. The molecule has 2 rings (SSSR count). The third-order valence-electron chi connectivity index (χ3n) is 2.25. The van der Waals surface area contributed by atoms with Crippen molar-refractivity contribution < 1.29 is 4.52 Å². The van der Waals surface area contributed by atoms with E-state index in [1.165, 1.54) is 9.79 Å². The van der Waals surface area contributed by atoms with Crippen LogP contribution in [0.5, 0.6) is 0 Å². The lowest BCUT2D eigenvalue weighted by Gasteiger charge is -2.09. The number of thioether (sulfide) groups is 2. The molecule has 0 amide bonds. The molecule has 0 aliphatic heterocycles. The maximum atomic E-state index is 5.55. The summed E-state index contributed by atoms with van der Waals surface area (Å²) in [7, 11) is 0. The first-order chi connectivity index (χ1) is 8.15. The van der Waals surface area contributed by atoms with Gasteiger partial charge in [0.2, 0.25) is 0 Å². The molecule has 0 saturated heterocycles. The predicted molar refractivity (Wildman–Crippen MR) is 77.6 cm³/mol. The lowest BCUT2D eigenvalue weighted by molar-refractivity contribution is 0.435. The average Bonchev–Trinajstić information content (AvgIpc) is 2.74. The summed E-state index contributed by atoms with van der Waals surface area (Å²) in [4.78, 5) is 2.44. The third-order valence-corrected chi connectivity index (χ3v) is 4.87. The Balaban J connectivity index is 2.53. The molecule has 90 valence electrons. The van der Waals surface area contributed by atoms with Crippen LogP contribution in [0.25, 0.3) is 11.3 Å². The molecule has 3 nitrogen and oxygen atoms in total. The molecule has 0 aliphatic rings. The number of rotatable bonds is 3. The van der Waals surface area contributed by atoms with Crippen LogP contribution in [0.3, 0.4) is 0 Å². The van der Waals surface area contributed by atoms with E-state index in [0.29, 0.717) is 11.6 Å². The summed E-state index contributed by atoms with van der Waals surface area (Å²) in [6, 6.07) is 5.83. The number of anilines is 1. The number of hydrogen-bond donors (Lipinski definition) is 1. The maximum Gasteiger partial charge on any atom is 0.169 e. The molecule has 17 heavy (non-hydrogen) atoms. The SMILES string of the molecule is CSc1cc(-c2cc(N)no2)cc(Br)c1SC. The molecule has 1 heterocycles. The largest absolute Gasteiger partial charge is 0.381 e. The molecule has 2 N–H and O–H groups in total. The minimum atomic E-state index is 0.399. The van der Waals surface area contributed by atoms with Crippen molar-refractivity contribution in [1.29, 1.82) is 0 Å². The molecular weight excluding hydrogens is 320 g/mol. The number of aromatic nitrogens is 1. The second kappa shape index (κ2) is 5.37. The van der Waals surface area contributed by atoms with Gasteiger partial charge in [-0.1, -0.05) is 5.16 Å². The van der Waals surface area contributed by atoms with Crippen LogP contribution in [0.4, 0.5) is 5.82 Å². The van der Waals surface area contributed by atoms with E-state index in [2.05, 4.69) is 39.7 Å². The van der Waals surface area contributed by atoms with Gasteiger partial charge in [0.15, 0.2) is 11.6 Å². The Kier molecular flexibility index (Phi) is 4.06. The highest BCUT2D eigenvalue weighted by molar-refractivity contribution is 9.10. The van der Waals surface area contributed by atoms with Gasteiger partial charge in [-0.2, -0.15) is 0 Å². The number of nitrogens with zero attached hydrogens (tertiary/aromatic N) is 1. The number of nitrogen functional groups attached to an aromatic ring is 1. The van der Waals surface area contributed by atoms with E-state index in [-0.39, 0.29) is 0 Å². The van der Waals surface area contributed by atoms with Crippen molar-refractivity contribution in [3.63, 3.8) is 0 Å². The van der Waals surface area contributed by atoms with Crippen LogP contribution in [0.15, 0.2) is 37.0 Å². The van der Waals surface area contributed by atoms with Crippen molar-refractivity contribution in [2.75, 3.05) is 18.2 Å². The standard InChI is InChI=1S/C11H11BrN2OS2/c1-16-9-4-6(3-7(12)11(9)17-2)8-5-10(13)14-15-8/h3-5H,1-2H3,(H2,13,14). The molecule has 0 radical (unpaired) electrons. The molecule has 0 spiro atoms. The molecule has 0 fully saturated rings. The Bertz CT molecular complexity index is 542. The van der Waals surface area contributed by atoms with Crippen LogP contribution in [0.1, 0.15) is 0 Å². The molecular formula is C11H11BrN2OS2. The van der Waals surface area contributed by atoms with E-state index in [9.17, 15) is 0 Å². The minimum absolute atomic E-state index is 0.399. The van der Waals surface area contributed by atoms with Gasteiger partial charge in [0.05, 0.1) is 0 Å². The van der Waals surface area contributed by atoms with Gasteiger partial charge in [-0.15, -0.1) is 23.5 Å². The Labute approximate surface area is 117 Å². The lowest BCUT2D eigenvalue weighted by atomic mass is 10.2. The Hall–Kier alpha value is -0.590. The van der Waals surface area contributed by atoms with E-state index in [1.54, 1.807) is 29.6 Å². The van der Waals surface area contributed by atoms with Crippen LogP contribution in [0, 0.1) is 0 Å². The van der Waals surface area contributed by atoms with Gasteiger partial charge in [-0.25, -0.2) is 0 Å². The Morgan fingerprint density at radius 1 is 1.24 bits per heavy atom. The molecule has 2 aromatic rings. The van der Waals surface area contributed by atoms with E-state index < -0.39 is 0 Å². The number of benzene rings is 1. The van der Waals surface area contributed by atoms with Crippen molar-refractivity contribution in [2.45, 2.75) is 9.79 Å². The molecule has 0 aliphatic carbocycles. The van der Waals surface area contributed by atoms with Crippen molar-refractivity contribution >= 4 is 45.3 Å². The topological polar surface area (TPSA) is 52.0 Å². The molecule has 1 aromatic heterocycles. The van der Waals surface area contributed by atoms with Crippen LogP contribution in [-0.2, 0) is 0 Å². The zero-order valence-electron chi connectivity index (χ0n) is 9.36. The Morgan fingerprint density at radius 3 is 2.53 bits per heavy atom. The monoisotopic (exact) mass is 330 g/mol. The van der Waals surface area contributed by atoms with Crippen molar-refractivity contribution in [1.82, 2.24) is 5.16 Å². The zero-order valence-corrected chi connectivity index (χ0v) is 12.6. The molecule has 0 bridgehead atoms. The first kappa shape index (κ1) is 12.9. The smallest absolute Gasteiger partial charge is 0.169 e. The molecule has 6 heteroatoms. The minimum Gasteiger partial charge on any atom is -0.381 e. The fourth-order valence-corrected chi connectivity index (χ4v) is 4.12. The first-order valence-electron chi connectivity index (χ1n) is 4.79. The summed E-state index contributed by atoms with van der Waals surface area (Å²) in [6.07, 6.45) is 4.12. The summed E-state index contributed by atoms with van der Waals surface area (Å²) in [5, 5.41) is 3.70. The highest BCUT2D eigenvalue weighted by atomic mass is 79.9. The number of halogens is 1. The van der Waals surface area contributed by atoms with Gasteiger partial charge in [0, 0.05) is 25.9 Å². The van der Waals surface area contributed by atoms with Crippen LogP contribution in [0.2, 0.25) is 0 Å². The molecule has 0 unspecified atom stereocenters. The number of hydrogen-bond acceptors (Lipinski definition) is 5. The van der Waals surface area contributed by atoms with Crippen molar-refractivity contribution in [3.8, 4) is 11.3 Å². The lowest BCUT2D eigenvalue weighted by Crippen LogP contribution is -1.83. The van der Waals surface area contributed by atoms with Crippen LogP contribution in [-0.4, -0.2) is 17.7 Å². The second-order valence-corrected chi connectivity index (χ2v) is 5.83. The van der Waals surface area contributed by atoms with E-state index in [4.69, 9.17) is 10.3 Å². The Morgan fingerprint density at radius 2 is 2.00 bits per heavy atom. The average molecular weight is 331 g/mol. The van der Waals surface area contributed by atoms with E-state index in [1.807, 2.05) is 6.07 Å². The fraction of sp³-hybridized carbons (Fsp3) is 0.182. The fourth-order valence-electron chi connectivity index (χ4n) is 1.49. The molecule has 0 atom stereocenters. The van der Waals surface area contributed by atoms with Crippen molar-refractivity contribution in [2.24, 2.45) is 0 Å². The van der Waals surface area contributed by atoms with Gasteiger partial charge < -0.3 is 10.3 Å². The first-order valence-corrected chi connectivity index (χ1v) is 8.04.